The van der Waals surface area contributed by atoms with Gasteiger partial charge in [0, 0.05) is 24.0 Å². The minimum atomic E-state index is -3.49. The third kappa shape index (κ3) is 3.68. The summed E-state index contributed by atoms with van der Waals surface area (Å²) in [5, 5.41) is 2.82. The van der Waals surface area contributed by atoms with Crippen molar-refractivity contribution in [2.45, 2.75) is 4.90 Å². The van der Waals surface area contributed by atoms with E-state index in [1.807, 2.05) is 29.6 Å². The van der Waals surface area contributed by atoms with E-state index in [0.29, 0.717) is 31.2 Å². The average Bonchev–Trinajstić information content (AvgIpc) is 3.24. The van der Waals surface area contributed by atoms with E-state index in [1.165, 1.54) is 15.6 Å². The predicted molar refractivity (Wildman–Crippen MR) is 109 cm³/mol. The van der Waals surface area contributed by atoms with Gasteiger partial charge in [-0.2, -0.15) is 4.31 Å². The van der Waals surface area contributed by atoms with Crippen LogP contribution in [0, 0.1) is 0 Å². The van der Waals surface area contributed by atoms with Crippen LogP contribution in [0.25, 0.3) is 21.8 Å². The Labute approximate surface area is 168 Å². The minimum Gasteiger partial charge on any atom is -0.496 e. The Balaban J connectivity index is 1.59. The van der Waals surface area contributed by atoms with Crippen LogP contribution in [0.5, 0.6) is 5.75 Å². The van der Waals surface area contributed by atoms with E-state index in [1.54, 1.807) is 31.4 Å². The number of aromatic nitrogens is 1. The van der Waals surface area contributed by atoms with Crippen molar-refractivity contribution in [1.82, 2.24) is 9.29 Å². The number of hydrogen-bond acceptors (Lipinski definition) is 6. The monoisotopic (exact) mass is 416 g/mol. The van der Waals surface area contributed by atoms with Crippen molar-refractivity contribution in [3.8, 4) is 27.6 Å². The summed E-state index contributed by atoms with van der Waals surface area (Å²) in [7, 11) is -1.85. The lowest BCUT2D eigenvalue weighted by Gasteiger charge is -2.26. The Kier molecular flexibility index (Phi) is 5.45. The number of methoxy groups -OCH3 is 1. The Morgan fingerprint density at radius 3 is 2.50 bits per heavy atom. The number of hydrogen-bond donors (Lipinski definition) is 0. The molecule has 1 fully saturated rings. The maximum Gasteiger partial charge on any atom is 0.243 e. The van der Waals surface area contributed by atoms with Crippen molar-refractivity contribution < 1.29 is 17.9 Å². The minimum absolute atomic E-state index is 0.290. The molecule has 6 nitrogen and oxygen atoms in total. The second kappa shape index (κ2) is 8.00. The van der Waals surface area contributed by atoms with Gasteiger partial charge in [-0.3, -0.25) is 0 Å². The maximum atomic E-state index is 12.7. The number of benzene rings is 2. The molecule has 0 amide bonds. The first-order valence-electron chi connectivity index (χ1n) is 8.87. The van der Waals surface area contributed by atoms with Crippen molar-refractivity contribution in [2.24, 2.45) is 0 Å². The first kappa shape index (κ1) is 19.1. The van der Waals surface area contributed by atoms with E-state index in [0.717, 1.165) is 27.6 Å². The standard InChI is InChI=1S/C20H20N2O4S2/c1-25-19-5-3-2-4-17(19)20-21-18(14-27-20)15-6-8-16(9-7-15)28(23,24)22-10-12-26-13-11-22/h2-9,14H,10-13H2,1H3. The highest BCUT2D eigenvalue weighted by Gasteiger charge is 2.26. The third-order valence-corrected chi connectivity index (χ3v) is 7.39. The van der Waals surface area contributed by atoms with E-state index in [4.69, 9.17) is 14.5 Å². The molecule has 146 valence electrons. The van der Waals surface area contributed by atoms with Crippen molar-refractivity contribution in [3.05, 3.63) is 53.9 Å². The Bertz CT molecular complexity index is 1060. The van der Waals surface area contributed by atoms with Gasteiger partial charge in [0.25, 0.3) is 0 Å². The Hall–Kier alpha value is -2.26. The predicted octanol–water partition coefficient (Wildman–Crippen LogP) is 3.51. The highest BCUT2D eigenvalue weighted by molar-refractivity contribution is 7.89. The van der Waals surface area contributed by atoms with Gasteiger partial charge in [-0.15, -0.1) is 11.3 Å². The lowest BCUT2D eigenvalue weighted by atomic mass is 10.2. The molecule has 0 N–H and O–H groups in total. The van der Waals surface area contributed by atoms with Gasteiger partial charge in [0.05, 0.1) is 36.5 Å². The molecular weight excluding hydrogens is 396 g/mol. The van der Waals surface area contributed by atoms with Crippen LogP contribution >= 0.6 is 11.3 Å². The van der Waals surface area contributed by atoms with Crippen LogP contribution in [0.2, 0.25) is 0 Å². The van der Waals surface area contributed by atoms with Gasteiger partial charge >= 0.3 is 0 Å². The molecule has 0 aliphatic carbocycles. The van der Waals surface area contributed by atoms with Crippen molar-refractivity contribution >= 4 is 21.4 Å². The Morgan fingerprint density at radius 1 is 1.07 bits per heavy atom. The summed E-state index contributed by atoms with van der Waals surface area (Å²) in [6.45, 7) is 1.64. The van der Waals surface area contributed by atoms with Crippen LogP contribution in [0.4, 0.5) is 0 Å². The number of ether oxygens (including phenoxy) is 2. The maximum absolute atomic E-state index is 12.7. The van der Waals surface area contributed by atoms with E-state index in [-0.39, 0.29) is 0 Å². The van der Waals surface area contributed by atoms with Crippen molar-refractivity contribution in [2.75, 3.05) is 33.4 Å². The lowest BCUT2D eigenvalue weighted by molar-refractivity contribution is 0.0730. The molecule has 8 heteroatoms. The molecule has 0 unspecified atom stereocenters. The van der Waals surface area contributed by atoms with Crippen molar-refractivity contribution in [1.29, 1.82) is 0 Å². The van der Waals surface area contributed by atoms with Crippen LogP contribution in [-0.2, 0) is 14.8 Å². The Morgan fingerprint density at radius 2 is 1.79 bits per heavy atom. The van der Waals surface area contributed by atoms with Crippen LogP contribution in [0.3, 0.4) is 0 Å². The highest BCUT2D eigenvalue weighted by Crippen LogP contribution is 2.34. The normalized spacial score (nSPS) is 15.5. The highest BCUT2D eigenvalue weighted by atomic mass is 32.2. The van der Waals surface area contributed by atoms with Gasteiger partial charge in [0.2, 0.25) is 10.0 Å². The fourth-order valence-electron chi connectivity index (χ4n) is 3.09. The van der Waals surface area contributed by atoms with Crippen molar-refractivity contribution in [3.63, 3.8) is 0 Å². The quantitative estimate of drug-likeness (QED) is 0.637. The molecule has 3 aromatic rings. The van der Waals surface area contributed by atoms with E-state index in [9.17, 15) is 8.42 Å². The summed E-state index contributed by atoms with van der Waals surface area (Å²) >= 11 is 1.53. The molecule has 1 aliphatic rings. The number of thiazole rings is 1. The van der Waals surface area contributed by atoms with Gasteiger partial charge in [-0.25, -0.2) is 13.4 Å². The summed E-state index contributed by atoms with van der Waals surface area (Å²) in [6.07, 6.45) is 0. The largest absolute Gasteiger partial charge is 0.496 e. The van der Waals surface area contributed by atoms with Gasteiger partial charge in [0.15, 0.2) is 0 Å². The van der Waals surface area contributed by atoms with Crippen LogP contribution in [0.1, 0.15) is 0 Å². The summed E-state index contributed by atoms with van der Waals surface area (Å²) in [4.78, 5) is 4.99. The number of para-hydroxylation sites is 1. The fourth-order valence-corrected chi connectivity index (χ4v) is 5.35. The average molecular weight is 417 g/mol. The topological polar surface area (TPSA) is 68.7 Å². The van der Waals surface area contributed by atoms with Gasteiger partial charge in [-0.05, 0) is 24.3 Å². The molecule has 0 atom stereocenters. The second-order valence-corrected chi connectivity index (χ2v) is 9.08. The smallest absolute Gasteiger partial charge is 0.243 e. The molecule has 0 radical (unpaired) electrons. The zero-order valence-electron chi connectivity index (χ0n) is 15.4. The SMILES string of the molecule is COc1ccccc1-c1nc(-c2ccc(S(=O)(=O)N3CCOCC3)cc2)cs1. The fraction of sp³-hybridized carbons (Fsp3) is 0.250. The van der Waals surface area contributed by atoms with Crippen LogP contribution in [0.15, 0.2) is 58.8 Å². The molecule has 4 rings (SSSR count). The number of nitrogens with zero attached hydrogens (tertiary/aromatic N) is 2. The number of sulfonamides is 1. The molecule has 1 aromatic heterocycles. The van der Waals surface area contributed by atoms with E-state index >= 15 is 0 Å². The summed E-state index contributed by atoms with van der Waals surface area (Å²) in [6, 6.07) is 14.6. The molecular formula is C20H20N2O4S2. The van der Waals surface area contributed by atoms with Crippen LogP contribution in [-0.4, -0.2) is 51.1 Å². The van der Waals surface area contributed by atoms with Gasteiger partial charge < -0.3 is 9.47 Å². The zero-order valence-corrected chi connectivity index (χ0v) is 17.0. The van der Waals surface area contributed by atoms with Gasteiger partial charge in [0.1, 0.15) is 10.8 Å². The molecule has 1 aliphatic heterocycles. The molecule has 2 aromatic carbocycles. The van der Waals surface area contributed by atoms with E-state index in [2.05, 4.69) is 0 Å². The molecule has 28 heavy (non-hydrogen) atoms. The molecule has 2 heterocycles. The third-order valence-electron chi connectivity index (χ3n) is 4.60. The first-order valence-corrected chi connectivity index (χ1v) is 11.2. The molecule has 0 bridgehead atoms. The van der Waals surface area contributed by atoms with Gasteiger partial charge in [-0.1, -0.05) is 24.3 Å². The summed E-state index contributed by atoms with van der Waals surface area (Å²) in [5.41, 5.74) is 2.62. The number of morpholine rings is 1. The van der Waals surface area contributed by atoms with E-state index < -0.39 is 10.0 Å². The summed E-state index contributed by atoms with van der Waals surface area (Å²) in [5.74, 6) is 0.773. The lowest BCUT2D eigenvalue weighted by Crippen LogP contribution is -2.40. The second-order valence-electron chi connectivity index (χ2n) is 6.28. The molecule has 0 spiro atoms. The molecule has 1 saturated heterocycles. The number of rotatable bonds is 5. The summed E-state index contributed by atoms with van der Waals surface area (Å²) < 4.78 is 37.6. The molecule has 0 saturated carbocycles. The zero-order chi connectivity index (χ0) is 19.6. The first-order chi connectivity index (χ1) is 13.6. The van der Waals surface area contributed by atoms with Crippen LogP contribution < -0.4 is 4.74 Å².